The zero-order chi connectivity index (χ0) is 15.4. The van der Waals surface area contributed by atoms with Crippen molar-refractivity contribution in [2.24, 2.45) is 0 Å². The number of esters is 1. The van der Waals surface area contributed by atoms with Gasteiger partial charge in [0.1, 0.15) is 5.82 Å². The predicted octanol–water partition coefficient (Wildman–Crippen LogP) is 3.04. The Balaban J connectivity index is 2.29. The van der Waals surface area contributed by atoms with Crippen molar-refractivity contribution in [3.05, 3.63) is 47.5 Å². The fourth-order valence-electron chi connectivity index (χ4n) is 1.95. The largest absolute Gasteiger partial charge is 0.465 e. The molecule has 0 spiro atoms. The molecule has 1 unspecified atom stereocenters. The van der Waals surface area contributed by atoms with Gasteiger partial charge < -0.3 is 15.0 Å². The van der Waals surface area contributed by atoms with Crippen molar-refractivity contribution in [1.29, 1.82) is 0 Å². The van der Waals surface area contributed by atoms with Gasteiger partial charge in [-0.1, -0.05) is 6.92 Å². The van der Waals surface area contributed by atoms with E-state index in [0.717, 1.165) is 7.11 Å². The monoisotopic (exact) mass is 295 g/mol. The number of methoxy groups -OCH3 is 1. The number of carbonyl (C=O) groups is 1. The molecule has 112 valence electrons. The average molecular weight is 295 g/mol. The van der Waals surface area contributed by atoms with Gasteiger partial charge in [-0.2, -0.15) is 0 Å². The summed E-state index contributed by atoms with van der Waals surface area (Å²) in [6, 6.07) is 2.19. The average Bonchev–Trinajstić information content (AvgIpc) is 3.02. The Morgan fingerprint density at radius 2 is 2.19 bits per heavy atom. The highest BCUT2D eigenvalue weighted by Crippen LogP contribution is 2.25. The molecule has 2 N–H and O–H groups in total. The Hall–Kier alpha value is -2.44. The van der Waals surface area contributed by atoms with Gasteiger partial charge in [-0.3, -0.25) is 0 Å². The number of ether oxygens (including phenoxy) is 1. The van der Waals surface area contributed by atoms with Crippen LogP contribution in [0, 0.1) is 11.6 Å². The number of nitrogens with one attached hydrogen (secondary N) is 2. The molecule has 0 saturated heterocycles. The van der Waals surface area contributed by atoms with Crippen LogP contribution in [0.3, 0.4) is 0 Å². The topological polar surface area (TPSA) is 67.0 Å². The third-order valence-corrected chi connectivity index (χ3v) is 3.08. The van der Waals surface area contributed by atoms with Crippen molar-refractivity contribution in [2.75, 3.05) is 12.4 Å². The maximum Gasteiger partial charge on any atom is 0.340 e. The summed E-state index contributed by atoms with van der Waals surface area (Å²) in [5.74, 6) is -2.66. The third-order valence-electron chi connectivity index (χ3n) is 3.08. The molecular formula is C14H15F2N3O2. The molecule has 0 aliphatic carbocycles. The van der Waals surface area contributed by atoms with E-state index in [0.29, 0.717) is 12.2 Å². The number of imidazole rings is 1. The second-order valence-electron chi connectivity index (χ2n) is 4.36. The van der Waals surface area contributed by atoms with Crippen LogP contribution in [0.5, 0.6) is 0 Å². The number of hydrogen-bond acceptors (Lipinski definition) is 4. The van der Waals surface area contributed by atoms with E-state index in [9.17, 15) is 13.6 Å². The van der Waals surface area contributed by atoms with E-state index < -0.39 is 23.2 Å². The van der Waals surface area contributed by atoms with Crippen molar-refractivity contribution in [3.8, 4) is 0 Å². The van der Waals surface area contributed by atoms with E-state index in [-0.39, 0.29) is 11.7 Å². The zero-order valence-corrected chi connectivity index (χ0v) is 11.6. The standard InChI is InChI=1S/C14H15F2N3O2/c1-3-9(13-17-6-7-18-13)19-10-5-4-8(14(20)21-2)11(15)12(10)16/h4-7,9,19H,3H2,1-2H3,(H,17,18). The molecule has 0 radical (unpaired) electrons. The van der Waals surface area contributed by atoms with Crippen LogP contribution in [0.1, 0.15) is 35.6 Å². The lowest BCUT2D eigenvalue weighted by molar-refractivity contribution is 0.0594. The Bertz CT molecular complexity index is 629. The van der Waals surface area contributed by atoms with E-state index in [1.165, 1.54) is 12.1 Å². The zero-order valence-electron chi connectivity index (χ0n) is 11.6. The highest BCUT2D eigenvalue weighted by Gasteiger charge is 2.21. The molecule has 1 heterocycles. The summed E-state index contributed by atoms with van der Waals surface area (Å²) in [5, 5.41) is 2.86. The predicted molar refractivity (Wildman–Crippen MR) is 72.9 cm³/mol. The molecule has 1 atom stereocenters. The van der Waals surface area contributed by atoms with Gasteiger partial charge in [0, 0.05) is 12.4 Å². The van der Waals surface area contributed by atoms with E-state index in [4.69, 9.17) is 0 Å². The van der Waals surface area contributed by atoms with Crippen LogP contribution in [0.2, 0.25) is 0 Å². The van der Waals surface area contributed by atoms with Gasteiger partial charge >= 0.3 is 5.97 Å². The first-order chi connectivity index (χ1) is 10.1. The Morgan fingerprint density at radius 1 is 1.43 bits per heavy atom. The fourth-order valence-corrected chi connectivity index (χ4v) is 1.95. The van der Waals surface area contributed by atoms with E-state index in [1.807, 2.05) is 6.92 Å². The number of halogens is 2. The SMILES string of the molecule is CCC(Nc1ccc(C(=O)OC)c(F)c1F)c1ncc[nH]1. The molecular weight excluding hydrogens is 280 g/mol. The quantitative estimate of drug-likeness (QED) is 0.832. The smallest absolute Gasteiger partial charge is 0.340 e. The lowest BCUT2D eigenvalue weighted by Gasteiger charge is -2.17. The van der Waals surface area contributed by atoms with Crippen LogP contribution >= 0.6 is 0 Å². The highest BCUT2D eigenvalue weighted by molar-refractivity contribution is 5.90. The number of aromatic nitrogens is 2. The lowest BCUT2D eigenvalue weighted by Crippen LogP contribution is -2.14. The van der Waals surface area contributed by atoms with E-state index >= 15 is 0 Å². The number of aromatic amines is 1. The molecule has 1 aromatic carbocycles. The normalized spacial score (nSPS) is 12.0. The number of H-pyrrole nitrogens is 1. The van der Waals surface area contributed by atoms with Crippen LogP contribution < -0.4 is 5.32 Å². The number of hydrogen-bond donors (Lipinski definition) is 2. The van der Waals surface area contributed by atoms with Crippen molar-refractivity contribution in [2.45, 2.75) is 19.4 Å². The maximum atomic E-state index is 14.0. The summed E-state index contributed by atoms with van der Waals surface area (Å²) in [5.41, 5.74) is -0.477. The number of benzene rings is 1. The first kappa shape index (κ1) is 15.0. The minimum atomic E-state index is -1.24. The van der Waals surface area contributed by atoms with E-state index in [1.54, 1.807) is 12.4 Å². The highest BCUT2D eigenvalue weighted by atomic mass is 19.2. The van der Waals surface area contributed by atoms with Gasteiger partial charge in [0.25, 0.3) is 0 Å². The summed E-state index contributed by atoms with van der Waals surface area (Å²) < 4.78 is 32.3. The van der Waals surface area contributed by atoms with Crippen LogP contribution in [0.25, 0.3) is 0 Å². The first-order valence-electron chi connectivity index (χ1n) is 6.40. The molecule has 0 bridgehead atoms. The maximum absolute atomic E-state index is 14.0. The molecule has 2 rings (SSSR count). The molecule has 2 aromatic rings. The van der Waals surface area contributed by atoms with Gasteiger partial charge in [0.2, 0.25) is 0 Å². The molecule has 0 amide bonds. The molecule has 0 aliphatic heterocycles. The van der Waals surface area contributed by atoms with Crippen molar-refractivity contribution in [1.82, 2.24) is 9.97 Å². The van der Waals surface area contributed by atoms with Crippen LogP contribution in [-0.2, 0) is 4.74 Å². The molecule has 7 heteroatoms. The second kappa shape index (κ2) is 6.34. The number of nitrogens with zero attached hydrogens (tertiary/aromatic N) is 1. The van der Waals surface area contributed by atoms with Crippen LogP contribution in [0.4, 0.5) is 14.5 Å². The molecule has 21 heavy (non-hydrogen) atoms. The number of carbonyl (C=O) groups excluding carboxylic acids is 1. The summed E-state index contributed by atoms with van der Waals surface area (Å²) in [7, 11) is 1.11. The first-order valence-corrected chi connectivity index (χ1v) is 6.40. The fraction of sp³-hybridized carbons (Fsp3) is 0.286. The Kier molecular flexibility index (Phi) is 4.52. The molecule has 1 aromatic heterocycles. The molecule has 0 saturated carbocycles. The Labute approximate surface area is 120 Å². The molecule has 5 nitrogen and oxygen atoms in total. The van der Waals surface area contributed by atoms with Crippen molar-refractivity contribution < 1.29 is 18.3 Å². The van der Waals surface area contributed by atoms with Crippen molar-refractivity contribution >= 4 is 11.7 Å². The summed E-state index contributed by atoms with van der Waals surface area (Å²) in [6.07, 6.45) is 3.85. The van der Waals surface area contributed by atoms with Gasteiger partial charge in [0.15, 0.2) is 11.6 Å². The minimum Gasteiger partial charge on any atom is -0.465 e. The lowest BCUT2D eigenvalue weighted by atomic mass is 10.1. The molecule has 0 fully saturated rings. The Morgan fingerprint density at radius 3 is 2.76 bits per heavy atom. The van der Waals surface area contributed by atoms with Crippen molar-refractivity contribution in [3.63, 3.8) is 0 Å². The van der Waals surface area contributed by atoms with Gasteiger partial charge in [-0.25, -0.2) is 18.6 Å². The van der Waals surface area contributed by atoms with Crippen LogP contribution in [-0.4, -0.2) is 23.0 Å². The number of anilines is 1. The summed E-state index contributed by atoms with van der Waals surface area (Å²) >= 11 is 0. The van der Waals surface area contributed by atoms with E-state index in [2.05, 4.69) is 20.0 Å². The molecule has 0 aliphatic rings. The summed E-state index contributed by atoms with van der Waals surface area (Å²) in [4.78, 5) is 18.3. The van der Waals surface area contributed by atoms with Gasteiger partial charge in [0.05, 0.1) is 24.4 Å². The number of rotatable bonds is 5. The minimum absolute atomic E-state index is 0.0385. The summed E-state index contributed by atoms with van der Waals surface area (Å²) in [6.45, 7) is 1.89. The van der Waals surface area contributed by atoms with Gasteiger partial charge in [-0.15, -0.1) is 0 Å². The van der Waals surface area contributed by atoms with Crippen LogP contribution in [0.15, 0.2) is 24.5 Å². The third kappa shape index (κ3) is 3.01. The van der Waals surface area contributed by atoms with Gasteiger partial charge in [-0.05, 0) is 18.6 Å². The second-order valence-corrected chi connectivity index (χ2v) is 4.36.